The first-order valence-corrected chi connectivity index (χ1v) is 9.35. The number of rotatable bonds is 6. The van der Waals surface area contributed by atoms with Crippen molar-refractivity contribution in [3.8, 4) is 6.07 Å². The number of hydrogen-bond donors (Lipinski definition) is 2. The fourth-order valence-corrected chi connectivity index (χ4v) is 3.30. The van der Waals surface area contributed by atoms with Crippen LogP contribution in [0.3, 0.4) is 0 Å². The summed E-state index contributed by atoms with van der Waals surface area (Å²) in [7, 11) is 0. The molecule has 29 heavy (non-hydrogen) atoms. The average Bonchev–Trinajstić information content (AvgIpc) is 2.95. The van der Waals surface area contributed by atoms with E-state index in [9.17, 15) is 14.4 Å². The topological polar surface area (TPSA) is 102 Å². The number of carbonyl (C=O) groups excluding carboxylic acids is 3. The summed E-state index contributed by atoms with van der Waals surface area (Å²) in [6.07, 6.45) is 1.05. The molecule has 0 aliphatic carbocycles. The fourth-order valence-electron chi connectivity index (χ4n) is 3.30. The third-order valence-corrected chi connectivity index (χ3v) is 5.07. The van der Waals surface area contributed by atoms with Gasteiger partial charge >= 0.3 is 6.03 Å². The van der Waals surface area contributed by atoms with Crippen LogP contribution in [0.2, 0.25) is 0 Å². The Morgan fingerprint density at radius 3 is 2.62 bits per heavy atom. The molecule has 0 bridgehead atoms. The minimum absolute atomic E-state index is 0.402. The Labute approximate surface area is 169 Å². The van der Waals surface area contributed by atoms with Gasteiger partial charge in [0.2, 0.25) is 5.91 Å². The van der Waals surface area contributed by atoms with Crippen LogP contribution in [0.25, 0.3) is 0 Å². The van der Waals surface area contributed by atoms with Gasteiger partial charge in [-0.15, -0.1) is 0 Å². The van der Waals surface area contributed by atoms with Crippen molar-refractivity contribution in [1.29, 1.82) is 5.26 Å². The van der Waals surface area contributed by atoms with Crippen molar-refractivity contribution in [1.82, 2.24) is 10.2 Å². The summed E-state index contributed by atoms with van der Waals surface area (Å²) < 4.78 is 0. The Bertz CT molecular complexity index is 983. The molecule has 0 radical (unpaired) electrons. The molecule has 1 aliphatic rings. The second-order valence-corrected chi connectivity index (χ2v) is 7.28. The molecule has 2 atom stereocenters. The van der Waals surface area contributed by atoms with Gasteiger partial charge in [0, 0.05) is 5.69 Å². The number of anilines is 1. The van der Waals surface area contributed by atoms with Gasteiger partial charge in [-0.25, -0.2) is 9.69 Å². The molecule has 1 saturated heterocycles. The molecule has 0 saturated carbocycles. The lowest BCUT2D eigenvalue weighted by Crippen LogP contribution is -2.48. The Morgan fingerprint density at radius 2 is 1.93 bits per heavy atom. The minimum atomic E-state index is -1.07. The predicted octanol–water partition coefficient (Wildman–Crippen LogP) is 2.83. The van der Waals surface area contributed by atoms with Crippen LogP contribution < -0.4 is 10.6 Å². The summed E-state index contributed by atoms with van der Waals surface area (Å²) in [5, 5.41) is 14.4. The molecule has 4 amide bonds. The van der Waals surface area contributed by atoms with Crippen molar-refractivity contribution >= 4 is 23.5 Å². The summed E-state index contributed by atoms with van der Waals surface area (Å²) in [6.45, 7) is 3.18. The van der Waals surface area contributed by atoms with E-state index in [0.717, 1.165) is 10.5 Å². The monoisotopic (exact) mass is 390 g/mol. The van der Waals surface area contributed by atoms with Crippen LogP contribution in [0.5, 0.6) is 0 Å². The summed E-state index contributed by atoms with van der Waals surface area (Å²) in [4.78, 5) is 39.0. The lowest BCUT2D eigenvalue weighted by atomic mass is 9.93. The number of nitrogens with one attached hydrogen (secondary N) is 2. The number of carbonyl (C=O) groups is 3. The highest BCUT2D eigenvalue weighted by atomic mass is 16.2. The highest BCUT2D eigenvalue weighted by molar-refractivity contribution is 6.11. The molecule has 148 valence electrons. The van der Waals surface area contributed by atoms with Crippen LogP contribution in [0, 0.1) is 11.3 Å². The van der Waals surface area contributed by atoms with E-state index in [1.54, 1.807) is 25.1 Å². The zero-order valence-electron chi connectivity index (χ0n) is 16.3. The van der Waals surface area contributed by atoms with Crippen LogP contribution in [0.1, 0.15) is 31.4 Å². The van der Waals surface area contributed by atoms with E-state index < -0.39 is 29.4 Å². The van der Waals surface area contributed by atoms with Crippen molar-refractivity contribution in [3.05, 3.63) is 65.7 Å². The van der Waals surface area contributed by atoms with Crippen LogP contribution in [-0.2, 0) is 16.0 Å². The normalized spacial score (nSPS) is 19.4. The van der Waals surface area contributed by atoms with Crippen LogP contribution in [0.4, 0.5) is 10.5 Å². The van der Waals surface area contributed by atoms with E-state index in [2.05, 4.69) is 10.6 Å². The van der Waals surface area contributed by atoms with E-state index in [1.807, 2.05) is 36.4 Å². The predicted molar refractivity (Wildman–Crippen MR) is 108 cm³/mol. The third kappa shape index (κ3) is 4.27. The van der Waals surface area contributed by atoms with Crippen molar-refractivity contribution in [3.63, 3.8) is 0 Å². The van der Waals surface area contributed by atoms with Gasteiger partial charge in [-0.1, -0.05) is 36.4 Å². The van der Waals surface area contributed by atoms with Gasteiger partial charge < -0.3 is 10.6 Å². The quantitative estimate of drug-likeness (QED) is 0.741. The maximum Gasteiger partial charge on any atom is 0.325 e. The number of nitrogens with zero attached hydrogens (tertiary/aromatic N) is 2. The van der Waals surface area contributed by atoms with Gasteiger partial charge in [0.15, 0.2) is 0 Å². The second-order valence-electron chi connectivity index (χ2n) is 7.28. The SMILES string of the molecule is C[C@@H](C(=O)Nc1cccc(C#N)c1)N1C(=O)N[C@@](C)(CCc2ccccc2)C1=O. The van der Waals surface area contributed by atoms with Crippen molar-refractivity contribution in [2.24, 2.45) is 0 Å². The second kappa shape index (κ2) is 8.15. The van der Waals surface area contributed by atoms with Gasteiger partial charge in [-0.2, -0.15) is 5.26 Å². The molecule has 0 aromatic heterocycles. The summed E-state index contributed by atoms with van der Waals surface area (Å²) >= 11 is 0. The molecule has 7 nitrogen and oxygen atoms in total. The lowest BCUT2D eigenvalue weighted by Gasteiger charge is -2.24. The minimum Gasteiger partial charge on any atom is -0.324 e. The molecule has 2 N–H and O–H groups in total. The first-order valence-electron chi connectivity index (χ1n) is 9.35. The largest absolute Gasteiger partial charge is 0.325 e. The number of imide groups is 1. The van der Waals surface area contributed by atoms with Gasteiger partial charge in [0.1, 0.15) is 11.6 Å². The lowest BCUT2D eigenvalue weighted by molar-refractivity contribution is -0.136. The smallest absolute Gasteiger partial charge is 0.324 e. The molecular formula is C22H22N4O3. The van der Waals surface area contributed by atoms with E-state index in [-0.39, 0.29) is 0 Å². The van der Waals surface area contributed by atoms with E-state index in [1.165, 1.54) is 13.0 Å². The molecule has 7 heteroatoms. The number of hydrogen-bond acceptors (Lipinski definition) is 4. The molecule has 1 aliphatic heterocycles. The maximum atomic E-state index is 13.0. The molecule has 1 heterocycles. The zero-order chi connectivity index (χ0) is 21.0. The van der Waals surface area contributed by atoms with Crippen molar-refractivity contribution in [2.45, 2.75) is 38.3 Å². The fraction of sp³-hybridized carbons (Fsp3) is 0.273. The molecule has 1 fully saturated rings. The number of amides is 4. The number of nitriles is 1. The summed E-state index contributed by atoms with van der Waals surface area (Å²) in [5.74, 6) is -0.928. The number of aryl methyl sites for hydroxylation is 1. The molecular weight excluding hydrogens is 368 g/mol. The summed E-state index contributed by atoms with van der Waals surface area (Å²) in [5.41, 5.74) is 0.832. The molecule has 0 unspecified atom stereocenters. The van der Waals surface area contributed by atoms with E-state index in [4.69, 9.17) is 5.26 Å². The first-order chi connectivity index (χ1) is 13.8. The third-order valence-electron chi connectivity index (χ3n) is 5.07. The van der Waals surface area contributed by atoms with Crippen LogP contribution in [-0.4, -0.2) is 34.3 Å². The van der Waals surface area contributed by atoms with Gasteiger partial charge in [0.05, 0.1) is 11.6 Å². The first kappa shape index (κ1) is 20.1. The van der Waals surface area contributed by atoms with Crippen LogP contribution in [0.15, 0.2) is 54.6 Å². The zero-order valence-corrected chi connectivity index (χ0v) is 16.3. The maximum absolute atomic E-state index is 13.0. The van der Waals surface area contributed by atoms with Crippen molar-refractivity contribution in [2.75, 3.05) is 5.32 Å². The highest BCUT2D eigenvalue weighted by Gasteiger charge is 2.50. The van der Waals surface area contributed by atoms with E-state index in [0.29, 0.717) is 24.1 Å². The molecule has 2 aromatic carbocycles. The Kier molecular flexibility index (Phi) is 5.64. The summed E-state index contributed by atoms with van der Waals surface area (Å²) in [6, 6.07) is 16.6. The van der Waals surface area contributed by atoms with Gasteiger partial charge in [-0.05, 0) is 50.5 Å². The molecule has 2 aromatic rings. The standard InChI is InChI=1S/C22H22N4O3/c1-15(19(27)24-18-10-6-9-17(13-18)14-23)26-20(28)22(2,25-21(26)29)12-11-16-7-4-3-5-8-16/h3-10,13,15H,11-12H2,1-2H3,(H,24,27)(H,25,29)/t15-,22-/m0/s1. The Balaban J connectivity index is 1.69. The Hall–Kier alpha value is -3.66. The number of urea groups is 1. The Morgan fingerprint density at radius 1 is 1.21 bits per heavy atom. The van der Waals surface area contributed by atoms with Crippen molar-refractivity contribution < 1.29 is 14.4 Å². The van der Waals surface area contributed by atoms with E-state index >= 15 is 0 Å². The molecule has 3 rings (SSSR count). The van der Waals surface area contributed by atoms with Gasteiger partial charge in [0.25, 0.3) is 5.91 Å². The highest BCUT2D eigenvalue weighted by Crippen LogP contribution is 2.25. The van der Waals surface area contributed by atoms with Gasteiger partial charge in [-0.3, -0.25) is 9.59 Å². The number of benzene rings is 2. The van der Waals surface area contributed by atoms with Crippen LogP contribution >= 0.6 is 0 Å². The molecule has 0 spiro atoms. The average molecular weight is 390 g/mol.